The summed E-state index contributed by atoms with van der Waals surface area (Å²) >= 11 is 6.49. The molecule has 0 spiro atoms. The summed E-state index contributed by atoms with van der Waals surface area (Å²) in [6.07, 6.45) is 0. The van der Waals surface area contributed by atoms with E-state index in [1.807, 2.05) is 6.92 Å². The van der Waals surface area contributed by atoms with Crippen molar-refractivity contribution in [3.8, 4) is 0 Å². The van der Waals surface area contributed by atoms with Gasteiger partial charge in [0.25, 0.3) is 0 Å². The van der Waals surface area contributed by atoms with Crippen molar-refractivity contribution in [1.82, 2.24) is 0 Å². The van der Waals surface area contributed by atoms with Crippen LogP contribution in [-0.2, 0) is 0 Å². The third-order valence-corrected chi connectivity index (χ3v) is 3.88. The van der Waals surface area contributed by atoms with Gasteiger partial charge in [0.05, 0.1) is 5.56 Å². The van der Waals surface area contributed by atoms with Gasteiger partial charge in [-0.3, -0.25) is 0 Å². The fourth-order valence-corrected chi connectivity index (χ4v) is 1.77. The SMILES string of the molecule is Cc1ccc(C(=O)O)c(Br)c1Br. The van der Waals surface area contributed by atoms with E-state index in [9.17, 15) is 4.79 Å². The maximum absolute atomic E-state index is 10.6. The largest absolute Gasteiger partial charge is 0.478 e. The van der Waals surface area contributed by atoms with E-state index >= 15 is 0 Å². The molecule has 12 heavy (non-hydrogen) atoms. The van der Waals surface area contributed by atoms with Crippen LogP contribution in [0.25, 0.3) is 0 Å². The molecule has 0 bridgehead atoms. The first-order valence-corrected chi connectivity index (χ1v) is 4.80. The third-order valence-electron chi connectivity index (χ3n) is 1.51. The molecule has 1 aromatic rings. The average molecular weight is 294 g/mol. The number of hydrogen-bond donors (Lipinski definition) is 1. The maximum Gasteiger partial charge on any atom is 0.336 e. The number of hydrogen-bond acceptors (Lipinski definition) is 1. The number of rotatable bonds is 1. The topological polar surface area (TPSA) is 37.3 Å². The predicted molar refractivity (Wildman–Crippen MR) is 53.5 cm³/mol. The van der Waals surface area contributed by atoms with Crippen LogP contribution in [0.3, 0.4) is 0 Å². The highest BCUT2D eigenvalue weighted by Crippen LogP contribution is 2.29. The Bertz CT molecular complexity index is 334. The molecule has 0 aliphatic rings. The van der Waals surface area contributed by atoms with Crippen LogP contribution in [-0.4, -0.2) is 11.1 Å². The van der Waals surface area contributed by atoms with Crippen LogP contribution in [0, 0.1) is 6.92 Å². The molecule has 1 N–H and O–H groups in total. The van der Waals surface area contributed by atoms with E-state index in [1.165, 1.54) is 0 Å². The highest BCUT2D eigenvalue weighted by Gasteiger charge is 2.11. The Morgan fingerprint density at radius 1 is 1.33 bits per heavy atom. The minimum Gasteiger partial charge on any atom is -0.478 e. The second-order valence-corrected chi connectivity index (χ2v) is 3.95. The maximum atomic E-state index is 10.6. The van der Waals surface area contributed by atoms with E-state index in [-0.39, 0.29) is 5.56 Å². The Morgan fingerprint density at radius 3 is 2.42 bits per heavy atom. The summed E-state index contributed by atoms with van der Waals surface area (Å²) < 4.78 is 1.39. The second kappa shape index (κ2) is 3.58. The molecule has 0 saturated heterocycles. The van der Waals surface area contributed by atoms with E-state index in [0.29, 0.717) is 4.47 Å². The Morgan fingerprint density at radius 2 is 1.92 bits per heavy atom. The molecule has 64 valence electrons. The van der Waals surface area contributed by atoms with Crippen molar-refractivity contribution in [2.75, 3.05) is 0 Å². The van der Waals surface area contributed by atoms with Crippen LogP contribution in [0.1, 0.15) is 15.9 Å². The Balaban J connectivity index is 3.36. The first-order valence-electron chi connectivity index (χ1n) is 3.22. The molecule has 0 saturated carbocycles. The molecule has 0 aromatic heterocycles. The predicted octanol–water partition coefficient (Wildman–Crippen LogP) is 3.22. The van der Waals surface area contributed by atoms with Gasteiger partial charge < -0.3 is 5.11 Å². The lowest BCUT2D eigenvalue weighted by molar-refractivity contribution is 0.0696. The molecule has 0 amide bonds. The van der Waals surface area contributed by atoms with Crippen LogP contribution in [0.2, 0.25) is 0 Å². The van der Waals surface area contributed by atoms with Crippen molar-refractivity contribution in [1.29, 1.82) is 0 Å². The lowest BCUT2D eigenvalue weighted by Crippen LogP contribution is -1.98. The quantitative estimate of drug-likeness (QED) is 0.863. The fraction of sp³-hybridized carbons (Fsp3) is 0.125. The highest BCUT2D eigenvalue weighted by molar-refractivity contribution is 9.13. The number of aromatic carboxylic acids is 1. The van der Waals surface area contributed by atoms with Gasteiger partial charge in [0.1, 0.15) is 0 Å². The summed E-state index contributed by atoms with van der Waals surface area (Å²) in [5, 5.41) is 8.73. The molecule has 1 aromatic carbocycles. The standard InChI is InChI=1S/C8H6Br2O2/c1-4-2-3-5(8(11)12)7(10)6(4)9/h2-3H,1H3,(H,11,12). The Labute approximate surface area is 86.9 Å². The van der Waals surface area contributed by atoms with Crippen molar-refractivity contribution < 1.29 is 9.90 Å². The van der Waals surface area contributed by atoms with E-state index in [4.69, 9.17) is 5.11 Å². The molecule has 0 radical (unpaired) electrons. The molecule has 4 heteroatoms. The van der Waals surface area contributed by atoms with Gasteiger partial charge in [0.15, 0.2) is 0 Å². The zero-order chi connectivity index (χ0) is 9.30. The van der Waals surface area contributed by atoms with Crippen LogP contribution < -0.4 is 0 Å². The first kappa shape index (κ1) is 9.74. The molecule has 0 aliphatic heterocycles. The summed E-state index contributed by atoms with van der Waals surface area (Å²) in [4.78, 5) is 10.6. The molecular formula is C8H6Br2O2. The number of aryl methyl sites for hydroxylation is 1. The summed E-state index contributed by atoms with van der Waals surface area (Å²) in [6.45, 7) is 1.90. The monoisotopic (exact) mass is 292 g/mol. The van der Waals surface area contributed by atoms with Gasteiger partial charge in [0, 0.05) is 8.95 Å². The number of carboxylic acid groups (broad SMARTS) is 1. The van der Waals surface area contributed by atoms with Gasteiger partial charge in [-0.05, 0) is 50.4 Å². The lowest BCUT2D eigenvalue weighted by atomic mass is 10.1. The zero-order valence-electron chi connectivity index (χ0n) is 6.27. The summed E-state index contributed by atoms with van der Waals surface area (Å²) in [5.74, 6) is -0.928. The normalized spacial score (nSPS) is 9.92. The van der Waals surface area contributed by atoms with Crippen LogP contribution in [0.15, 0.2) is 21.1 Å². The first-order chi connectivity index (χ1) is 5.54. The van der Waals surface area contributed by atoms with Gasteiger partial charge in [-0.1, -0.05) is 6.07 Å². The minimum absolute atomic E-state index is 0.271. The molecule has 2 nitrogen and oxygen atoms in total. The summed E-state index contributed by atoms with van der Waals surface area (Å²) in [6, 6.07) is 3.34. The summed E-state index contributed by atoms with van der Waals surface area (Å²) in [5.41, 5.74) is 1.28. The van der Waals surface area contributed by atoms with Crippen LogP contribution in [0.5, 0.6) is 0 Å². The van der Waals surface area contributed by atoms with E-state index in [1.54, 1.807) is 12.1 Å². The van der Waals surface area contributed by atoms with Gasteiger partial charge in [-0.25, -0.2) is 4.79 Å². The number of halogens is 2. The smallest absolute Gasteiger partial charge is 0.336 e. The van der Waals surface area contributed by atoms with E-state index in [0.717, 1.165) is 10.0 Å². The number of carboxylic acids is 1. The van der Waals surface area contributed by atoms with E-state index in [2.05, 4.69) is 31.9 Å². The number of carbonyl (C=O) groups is 1. The Kier molecular flexibility index (Phi) is 2.90. The average Bonchev–Trinajstić information content (AvgIpc) is 2.00. The minimum atomic E-state index is -0.928. The zero-order valence-corrected chi connectivity index (χ0v) is 9.44. The Hall–Kier alpha value is -0.350. The molecule has 0 aliphatic carbocycles. The summed E-state index contributed by atoms with van der Waals surface area (Å²) in [7, 11) is 0. The van der Waals surface area contributed by atoms with Crippen molar-refractivity contribution in [3.05, 3.63) is 32.2 Å². The van der Waals surface area contributed by atoms with Crippen molar-refractivity contribution in [3.63, 3.8) is 0 Å². The fourth-order valence-electron chi connectivity index (χ4n) is 0.811. The van der Waals surface area contributed by atoms with Crippen LogP contribution >= 0.6 is 31.9 Å². The second-order valence-electron chi connectivity index (χ2n) is 2.36. The molecule has 1 rings (SSSR count). The molecule has 0 fully saturated rings. The van der Waals surface area contributed by atoms with Crippen molar-refractivity contribution in [2.24, 2.45) is 0 Å². The van der Waals surface area contributed by atoms with Gasteiger partial charge in [-0.2, -0.15) is 0 Å². The molecular weight excluding hydrogens is 288 g/mol. The lowest BCUT2D eigenvalue weighted by Gasteiger charge is -2.03. The molecule has 0 atom stereocenters. The van der Waals surface area contributed by atoms with Crippen LogP contribution in [0.4, 0.5) is 0 Å². The van der Waals surface area contributed by atoms with Gasteiger partial charge in [-0.15, -0.1) is 0 Å². The van der Waals surface area contributed by atoms with Crippen molar-refractivity contribution >= 4 is 37.8 Å². The molecule has 0 heterocycles. The van der Waals surface area contributed by atoms with Crippen molar-refractivity contribution in [2.45, 2.75) is 6.92 Å². The number of benzene rings is 1. The highest BCUT2D eigenvalue weighted by atomic mass is 79.9. The van der Waals surface area contributed by atoms with Gasteiger partial charge in [0.2, 0.25) is 0 Å². The molecule has 0 unspecified atom stereocenters. The third kappa shape index (κ3) is 1.69. The van der Waals surface area contributed by atoms with E-state index < -0.39 is 5.97 Å². The van der Waals surface area contributed by atoms with Gasteiger partial charge >= 0.3 is 5.97 Å².